The molecule has 0 aromatic carbocycles. The summed E-state index contributed by atoms with van der Waals surface area (Å²) in [5.41, 5.74) is 5.32. The van der Waals surface area contributed by atoms with Crippen LogP contribution in [0.3, 0.4) is 0 Å². The molecule has 0 radical (unpaired) electrons. The fraction of sp³-hybridized carbons (Fsp3) is 0.562. The van der Waals surface area contributed by atoms with E-state index in [1.54, 1.807) is 6.08 Å². The number of nitrogens with two attached hydrogens (primary N) is 1. The Morgan fingerprint density at radius 1 is 0.607 bits per heavy atom. The van der Waals surface area contributed by atoms with Gasteiger partial charge in [-0.2, -0.15) is 0 Å². The van der Waals surface area contributed by atoms with Gasteiger partial charge in [0.15, 0.2) is 6.10 Å². The second-order valence-corrected chi connectivity index (χ2v) is 15.7. The lowest BCUT2D eigenvalue weighted by Gasteiger charge is -2.20. The van der Waals surface area contributed by atoms with Crippen LogP contribution in [0.1, 0.15) is 136 Å². The second kappa shape index (κ2) is 41.5. The third-order valence-electron chi connectivity index (χ3n) is 8.60. The van der Waals surface area contributed by atoms with E-state index in [-0.39, 0.29) is 12.8 Å². The second-order valence-electron chi connectivity index (χ2n) is 14.3. The number of phosphoric acid groups is 1. The summed E-state index contributed by atoms with van der Waals surface area (Å²) in [6.07, 6.45) is 50.6. The van der Waals surface area contributed by atoms with Gasteiger partial charge in [-0.25, -0.2) is 4.57 Å². The Kier molecular flexibility index (Phi) is 38.8. The average molecular weight is 874 g/mol. The van der Waals surface area contributed by atoms with Gasteiger partial charge >= 0.3 is 25.7 Å². The first-order chi connectivity index (χ1) is 29.5. The summed E-state index contributed by atoms with van der Waals surface area (Å²) >= 11 is 0. The molecule has 0 heterocycles. The van der Waals surface area contributed by atoms with Crippen LogP contribution >= 0.6 is 7.82 Å². The van der Waals surface area contributed by atoms with Gasteiger partial charge < -0.3 is 30.3 Å². The number of hydrogen-bond donors (Lipinski definition) is 4. The standard InChI is InChI=1S/C48H76NO11P/c1-3-5-7-9-11-12-13-14-15-16-17-18-19-23-26-30-34-38-46(51)57-40-44(41-58-61(55,56)59-42-45(49)48(53)54)60-47(52)39-35-31-27-24-21-20-22-25-29-33-37-43(50)36-32-28-10-8-6-4-2/h6,8,14-15,17-18,20-21,23,25-29,31-33,37,43-45,50H,3-5,7,9-13,16,19,22,24,30,34-36,38-42,49H2,1-2H3,(H,53,54)(H,55,56)/b8-6-,15-14-,18-17-,21-20-,26-23-,29-25-,31-27-,32-28-,37-33+/t43?,44-,45+/m1/s1. The van der Waals surface area contributed by atoms with Crippen LogP contribution in [0.2, 0.25) is 0 Å². The van der Waals surface area contributed by atoms with Crippen molar-refractivity contribution in [2.45, 2.75) is 154 Å². The molecule has 0 amide bonds. The first-order valence-corrected chi connectivity index (χ1v) is 23.5. The van der Waals surface area contributed by atoms with Crippen molar-refractivity contribution < 1.29 is 52.6 Å². The molecule has 4 atom stereocenters. The molecule has 12 nitrogen and oxygen atoms in total. The van der Waals surface area contributed by atoms with Crippen molar-refractivity contribution in [2.75, 3.05) is 19.8 Å². The van der Waals surface area contributed by atoms with Crippen LogP contribution in [-0.2, 0) is 37.5 Å². The largest absolute Gasteiger partial charge is 0.480 e. The third-order valence-corrected chi connectivity index (χ3v) is 9.55. The lowest BCUT2D eigenvalue weighted by atomic mass is 10.1. The highest BCUT2D eigenvalue weighted by Crippen LogP contribution is 2.43. The molecule has 13 heteroatoms. The van der Waals surface area contributed by atoms with Crippen molar-refractivity contribution in [1.29, 1.82) is 0 Å². The first kappa shape index (κ1) is 57.1. The number of allylic oxidation sites excluding steroid dienone is 16. The summed E-state index contributed by atoms with van der Waals surface area (Å²) in [4.78, 5) is 45.9. The molecule has 0 saturated carbocycles. The maximum Gasteiger partial charge on any atom is 0.472 e. The molecule has 0 spiro atoms. The van der Waals surface area contributed by atoms with E-state index < -0.39 is 63.8 Å². The van der Waals surface area contributed by atoms with Crippen LogP contribution in [0, 0.1) is 0 Å². The van der Waals surface area contributed by atoms with Crippen molar-refractivity contribution in [2.24, 2.45) is 5.73 Å². The Hall–Kier alpha value is -3.90. The Balaban J connectivity index is 4.65. The Labute approximate surface area is 366 Å². The topological polar surface area (TPSA) is 192 Å². The summed E-state index contributed by atoms with van der Waals surface area (Å²) in [6, 6.07) is -1.55. The average Bonchev–Trinajstić information content (AvgIpc) is 3.23. The number of hydrogen-bond acceptors (Lipinski definition) is 10. The van der Waals surface area contributed by atoms with Crippen molar-refractivity contribution in [1.82, 2.24) is 0 Å². The van der Waals surface area contributed by atoms with Gasteiger partial charge in [-0.15, -0.1) is 0 Å². The number of rotatable bonds is 39. The molecule has 0 aromatic heterocycles. The molecule has 0 rings (SSSR count). The number of carbonyl (C=O) groups excluding carboxylic acids is 2. The van der Waals surface area contributed by atoms with Gasteiger partial charge in [0.25, 0.3) is 0 Å². The van der Waals surface area contributed by atoms with E-state index in [9.17, 15) is 28.9 Å². The van der Waals surface area contributed by atoms with Crippen LogP contribution in [0.25, 0.3) is 0 Å². The number of aliphatic hydroxyl groups excluding tert-OH is 1. The highest BCUT2D eigenvalue weighted by atomic mass is 31.2. The van der Waals surface area contributed by atoms with Crippen LogP contribution < -0.4 is 5.73 Å². The number of unbranched alkanes of at least 4 members (excludes halogenated alkanes) is 7. The van der Waals surface area contributed by atoms with Crippen LogP contribution in [0.5, 0.6) is 0 Å². The van der Waals surface area contributed by atoms with Gasteiger partial charge in [-0.1, -0.05) is 155 Å². The zero-order valence-corrected chi connectivity index (χ0v) is 37.7. The molecular weight excluding hydrogens is 797 g/mol. The minimum absolute atomic E-state index is 0.00445. The predicted octanol–water partition coefficient (Wildman–Crippen LogP) is 10.8. The number of aliphatic carboxylic acids is 1. The Morgan fingerprint density at radius 2 is 1.15 bits per heavy atom. The normalized spacial score (nSPS) is 15.2. The molecule has 2 unspecified atom stereocenters. The van der Waals surface area contributed by atoms with Gasteiger partial charge in [0, 0.05) is 12.8 Å². The quantitative estimate of drug-likeness (QED) is 0.0150. The molecule has 0 saturated heterocycles. The first-order valence-electron chi connectivity index (χ1n) is 22.0. The number of ether oxygens (including phenoxy) is 2. The molecule has 61 heavy (non-hydrogen) atoms. The molecule has 0 aliphatic rings. The van der Waals surface area contributed by atoms with E-state index in [0.717, 1.165) is 38.5 Å². The van der Waals surface area contributed by atoms with Gasteiger partial charge in [0.05, 0.1) is 19.3 Å². The smallest absolute Gasteiger partial charge is 0.472 e. The summed E-state index contributed by atoms with van der Waals surface area (Å²) in [6.45, 7) is 2.46. The van der Waals surface area contributed by atoms with E-state index in [4.69, 9.17) is 24.8 Å². The van der Waals surface area contributed by atoms with Crippen LogP contribution in [0.4, 0.5) is 0 Å². The van der Waals surface area contributed by atoms with Gasteiger partial charge in [-0.05, 0) is 77.0 Å². The minimum atomic E-state index is -4.77. The van der Waals surface area contributed by atoms with Crippen LogP contribution in [-0.4, -0.2) is 71.1 Å². The summed E-state index contributed by atoms with van der Waals surface area (Å²) in [5.74, 6) is -2.61. The van der Waals surface area contributed by atoms with Gasteiger partial charge in [0.1, 0.15) is 12.6 Å². The molecule has 0 aliphatic heterocycles. The predicted molar refractivity (Wildman–Crippen MR) is 246 cm³/mol. The fourth-order valence-corrected chi connectivity index (χ4v) is 5.91. The van der Waals surface area contributed by atoms with E-state index >= 15 is 0 Å². The molecule has 0 aromatic rings. The summed E-state index contributed by atoms with van der Waals surface area (Å²) in [7, 11) is -4.77. The molecule has 0 aliphatic carbocycles. The van der Waals surface area contributed by atoms with Gasteiger partial charge in [-0.3, -0.25) is 23.4 Å². The molecule has 0 fully saturated rings. The monoisotopic (exact) mass is 874 g/mol. The van der Waals surface area contributed by atoms with E-state index in [1.165, 1.54) is 38.5 Å². The van der Waals surface area contributed by atoms with Gasteiger partial charge in [0.2, 0.25) is 0 Å². The Bertz CT molecular complexity index is 1460. The fourth-order valence-electron chi connectivity index (χ4n) is 5.13. The summed E-state index contributed by atoms with van der Waals surface area (Å²) < 4.78 is 32.5. The van der Waals surface area contributed by atoms with Crippen molar-refractivity contribution in [3.8, 4) is 0 Å². The number of phosphoric ester groups is 1. The van der Waals surface area contributed by atoms with Crippen molar-refractivity contribution in [3.63, 3.8) is 0 Å². The number of aliphatic hydroxyl groups is 1. The number of carbonyl (C=O) groups is 3. The SMILES string of the molecule is CC/C=C\C/C=C\CC(O)/C=C/C=C\C/C=C\C/C=C\CCC(=O)O[C@H](COC(=O)CCC/C=C\C/C=C\C/C=C\CCCCCCCC)COP(=O)(O)OC[C@H](N)C(=O)O. The van der Waals surface area contributed by atoms with Crippen molar-refractivity contribution >= 4 is 25.7 Å². The van der Waals surface area contributed by atoms with E-state index in [2.05, 4.69) is 54.8 Å². The number of carboxylic acid groups (broad SMARTS) is 1. The third kappa shape index (κ3) is 41.2. The zero-order valence-electron chi connectivity index (χ0n) is 36.8. The number of esters is 2. The molecule has 0 bridgehead atoms. The lowest BCUT2D eigenvalue weighted by Crippen LogP contribution is -2.34. The Morgan fingerprint density at radius 3 is 1.79 bits per heavy atom. The minimum Gasteiger partial charge on any atom is -0.480 e. The van der Waals surface area contributed by atoms with E-state index in [1.807, 2.05) is 66.8 Å². The maximum absolute atomic E-state index is 12.6. The maximum atomic E-state index is 12.6. The highest BCUT2D eigenvalue weighted by molar-refractivity contribution is 7.47. The lowest BCUT2D eigenvalue weighted by molar-refractivity contribution is -0.161. The highest BCUT2D eigenvalue weighted by Gasteiger charge is 2.28. The summed E-state index contributed by atoms with van der Waals surface area (Å²) in [5, 5.41) is 18.9. The van der Waals surface area contributed by atoms with E-state index in [0.29, 0.717) is 32.1 Å². The van der Waals surface area contributed by atoms with Crippen molar-refractivity contribution in [3.05, 3.63) is 109 Å². The zero-order chi connectivity index (χ0) is 45.1. The van der Waals surface area contributed by atoms with Crippen LogP contribution in [0.15, 0.2) is 109 Å². The number of carboxylic acids is 1. The molecule has 5 N–H and O–H groups in total. The molecular formula is C48H76NO11P. The molecule has 344 valence electrons.